The number of aromatic nitrogens is 1. The molecule has 0 atom stereocenters. The monoisotopic (exact) mass is 470 g/mol. The summed E-state index contributed by atoms with van der Waals surface area (Å²) in [6.07, 6.45) is 6.28. The van der Waals surface area contributed by atoms with Gasteiger partial charge in [-0.3, -0.25) is 4.79 Å². The fourth-order valence-corrected chi connectivity index (χ4v) is 7.03. The molecule has 1 aromatic carbocycles. The molecule has 33 heavy (non-hydrogen) atoms. The van der Waals surface area contributed by atoms with E-state index < -0.39 is 10.0 Å². The Morgan fingerprint density at radius 3 is 2.27 bits per heavy atom. The van der Waals surface area contributed by atoms with Crippen LogP contribution < -0.4 is 10.2 Å². The molecule has 2 saturated heterocycles. The highest BCUT2D eigenvalue weighted by atomic mass is 32.2. The summed E-state index contributed by atoms with van der Waals surface area (Å²) in [6, 6.07) is 7.56. The summed E-state index contributed by atoms with van der Waals surface area (Å²) in [6.45, 7) is 8.27. The van der Waals surface area contributed by atoms with Crippen molar-refractivity contribution < 1.29 is 13.2 Å². The van der Waals surface area contributed by atoms with Crippen molar-refractivity contribution in [1.82, 2.24) is 9.29 Å². The number of aryl methyl sites for hydroxylation is 3. The maximum Gasteiger partial charge on any atom is 0.243 e. The Morgan fingerprint density at radius 1 is 1.00 bits per heavy atom. The van der Waals surface area contributed by atoms with Gasteiger partial charge in [0.05, 0.1) is 10.6 Å². The van der Waals surface area contributed by atoms with E-state index >= 15 is 0 Å². The van der Waals surface area contributed by atoms with Crippen molar-refractivity contribution in [1.29, 1.82) is 0 Å². The van der Waals surface area contributed by atoms with E-state index in [4.69, 9.17) is 0 Å². The smallest absolute Gasteiger partial charge is 0.243 e. The molecule has 0 unspecified atom stereocenters. The Morgan fingerprint density at radius 2 is 1.64 bits per heavy atom. The van der Waals surface area contributed by atoms with Crippen LogP contribution in [0.5, 0.6) is 0 Å². The van der Waals surface area contributed by atoms with Gasteiger partial charge in [0.1, 0.15) is 0 Å². The minimum atomic E-state index is -3.58. The van der Waals surface area contributed by atoms with Gasteiger partial charge in [0.15, 0.2) is 5.82 Å². The van der Waals surface area contributed by atoms with Crippen LogP contribution in [0.15, 0.2) is 35.4 Å². The molecule has 2 fully saturated rings. The van der Waals surface area contributed by atoms with Gasteiger partial charge in [-0.05, 0) is 76.1 Å². The van der Waals surface area contributed by atoms with Crippen molar-refractivity contribution in [2.45, 2.75) is 57.8 Å². The zero-order chi connectivity index (χ0) is 23.6. The summed E-state index contributed by atoms with van der Waals surface area (Å²) < 4.78 is 28.2. The van der Waals surface area contributed by atoms with Crippen LogP contribution in [-0.2, 0) is 14.8 Å². The molecule has 1 amide bonds. The number of pyridine rings is 1. The first-order valence-electron chi connectivity index (χ1n) is 11.9. The van der Waals surface area contributed by atoms with Gasteiger partial charge < -0.3 is 10.2 Å². The average molecular weight is 471 g/mol. The molecule has 2 aromatic rings. The van der Waals surface area contributed by atoms with Crippen LogP contribution in [0.25, 0.3) is 0 Å². The molecule has 8 heteroatoms. The van der Waals surface area contributed by atoms with Crippen molar-refractivity contribution in [3.05, 3.63) is 47.2 Å². The Kier molecular flexibility index (Phi) is 7.05. The van der Waals surface area contributed by atoms with Crippen molar-refractivity contribution >= 4 is 27.4 Å². The standard InChI is InChI=1S/C25H34N4O3S/c1-18-16-19(2)23(20(3)17-18)33(31,32)29-14-9-21(10-15-29)25(30)27-22-8-7-11-26-24(22)28-12-5-4-6-13-28/h7-8,11,16-17,21H,4-6,9-10,12-15H2,1-3H3,(H,27,30). The lowest BCUT2D eigenvalue weighted by Crippen LogP contribution is -2.42. The van der Waals surface area contributed by atoms with Gasteiger partial charge in [0.25, 0.3) is 0 Å². The van der Waals surface area contributed by atoms with Crippen molar-refractivity contribution in [2.24, 2.45) is 5.92 Å². The number of carbonyl (C=O) groups is 1. The summed E-state index contributed by atoms with van der Waals surface area (Å²) in [7, 11) is -3.58. The third kappa shape index (κ3) is 5.06. The molecule has 1 aromatic heterocycles. The summed E-state index contributed by atoms with van der Waals surface area (Å²) in [5.74, 6) is 0.558. The SMILES string of the molecule is Cc1cc(C)c(S(=O)(=O)N2CCC(C(=O)Nc3cccnc3N3CCCCC3)CC2)c(C)c1. The van der Waals surface area contributed by atoms with E-state index in [-0.39, 0.29) is 11.8 Å². The number of rotatable bonds is 5. The molecule has 7 nitrogen and oxygen atoms in total. The first-order valence-corrected chi connectivity index (χ1v) is 13.3. The van der Waals surface area contributed by atoms with E-state index in [1.165, 1.54) is 10.7 Å². The third-order valence-electron chi connectivity index (χ3n) is 6.73. The van der Waals surface area contributed by atoms with Crippen molar-refractivity contribution in [2.75, 3.05) is 36.4 Å². The van der Waals surface area contributed by atoms with Crippen LogP contribution in [0.4, 0.5) is 11.5 Å². The molecule has 178 valence electrons. The lowest BCUT2D eigenvalue weighted by molar-refractivity contribution is -0.120. The van der Waals surface area contributed by atoms with Crippen LogP contribution in [0, 0.1) is 26.7 Å². The van der Waals surface area contributed by atoms with Gasteiger partial charge in [0.2, 0.25) is 15.9 Å². The van der Waals surface area contributed by atoms with Gasteiger partial charge in [-0.15, -0.1) is 0 Å². The lowest BCUT2D eigenvalue weighted by atomic mass is 9.97. The molecule has 4 rings (SSSR count). The number of sulfonamides is 1. The zero-order valence-corrected chi connectivity index (χ0v) is 20.6. The molecular weight excluding hydrogens is 436 g/mol. The van der Waals surface area contributed by atoms with Crippen molar-refractivity contribution in [3.8, 4) is 0 Å². The maximum absolute atomic E-state index is 13.3. The summed E-state index contributed by atoms with van der Waals surface area (Å²) in [5.41, 5.74) is 3.34. The van der Waals surface area contributed by atoms with Crippen LogP contribution in [0.3, 0.4) is 0 Å². The zero-order valence-electron chi connectivity index (χ0n) is 19.8. The van der Waals surface area contributed by atoms with E-state index in [2.05, 4.69) is 15.2 Å². The minimum Gasteiger partial charge on any atom is -0.355 e. The number of hydrogen-bond acceptors (Lipinski definition) is 5. The van der Waals surface area contributed by atoms with Crippen LogP contribution in [0.2, 0.25) is 0 Å². The molecule has 2 aliphatic rings. The molecule has 0 aliphatic carbocycles. The predicted molar refractivity (Wildman–Crippen MR) is 131 cm³/mol. The first-order chi connectivity index (χ1) is 15.8. The van der Waals surface area contributed by atoms with E-state index in [0.29, 0.717) is 30.8 Å². The number of piperidine rings is 2. The summed E-state index contributed by atoms with van der Waals surface area (Å²) in [4.78, 5) is 20.2. The molecule has 3 heterocycles. The van der Waals surface area contributed by atoms with E-state index in [1.807, 2.05) is 45.0 Å². The second kappa shape index (κ2) is 9.81. The largest absolute Gasteiger partial charge is 0.355 e. The molecule has 0 bridgehead atoms. The normalized spacial score (nSPS) is 18.3. The number of nitrogens with one attached hydrogen (secondary N) is 1. The number of nitrogens with zero attached hydrogens (tertiary/aromatic N) is 3. The molecule has 1 N–H and O–H groups in total. The molecular formula is C25H34N4O3S. The fourth-order valence-electron chi connectivity index (χ4n) is 5.15. The average Bonchev–Trinajstić information content (AvgIpc) is 2.79. The third-order valence-corrected chi connectivity index (χ3v) is 8.93. The number of benzene rings is 1. The Hall–Kier alpha value is -2.45. The van der Waals surface area contributed by atoms with Gasteiger partial charge in [-0.2, -0.15) is 4.31 Å². The van der Waals surface area contributed by atoms with E-state index in [0.717, 1.165) is 54.1 Å². The molecule has 0 spiro atoms. The van der Waals surface area contributed by atoms with Gasteiger partial charge in [0, 0.05) is 38.3 Å². The highest BCUT2D eigenvalue weighted by Crippen LogP contribution is 2.30. The topological polar surface area (TPSA) is 82.6 Å². The molecule has 2 aliphatic heterocycles. The van der Waals surface area contributed by atoms with Crippen LogP contribution >= 0.6 is 0 Å². The maximum atomic E-state index is 13.3. The van der Waals surface area contributed by atoms with Crippen LogP contribution in [-0.4, -0.2) is 49.8 Å². The number of anilines is 2. The fraction of sp³-hybridized carbons (Fsp3) is 0.520. The van der Waals surface area contributed by atoms with E-state index in [1.54, 1.807) is 6.20 Å². The summed E-state index contributed by atoms with van der Waals surface area (Å²) in [5, 5.41) is 3.08. The minimum absolute atomic E-state index is 0.0546. The molecule has 0 radical (unpaired) electrons. The predicted octanol–water partition coefficient (Wildman–Crippen LogP) is 4.04. The highest BCUT2D eigenvalue weighted by Gasteiger charge is 2.34. The Bertz CT molecular complexity index is 1100. The van der Waals surface area contributed by atoms with Crippen LogP contribution in [0.1, 0.15) is 48.8 Å². The first kappa shape index (κ1) is 23.7. The second-order valence-corrected chi connectivity index (χ2v) is 11.2. The van der Waals surface area contributed by atoms with Gasteiger partial charge in [-0.25, -0.2) is 13.4 Å². The molecule has 0 saturated carbocycles. The van der Waals surface area contributed by atoms with Gasteiger partial charge in [-0.1, -0.05) is 17.7 Å². The number of amides is 1. The highest BCUT2D eigenvalue weighted by molar-refractivity contribution is 7.89. The summed E-state index contributed by atoms with van der Waals surface area (Å²) >= 11 is 0. The van der Waals surface area contributed by atoms with Crippen molar-refractivity contribution in [3.63, 3.8) is 0 Å². The Labute approximate surface area is 197 Å². The Balaban J connectivity index is 1.42. The number of hydrogen-bond donors (Lipinski definition) is 1. The van der Waals surface area contributed by atoms with E-state index in [9.17, 15) is 13.2 Å². The van der Waals surface area contributed by atoms with Gasteiger partial charge >= 0.3 is 0 Å². The lowest BCUT2D eigenvalue weighted by Gasteiger charge is -2.32. The second-order valence-electron chi connectivity index (χ2n) is 9.32. The number of carbonyl (C=O) groups excluding carboxylic acids is 1. The quantitative estimate of drug-likeness (QED) is 0.713.